The Morgan fingerprint density at radius 3 is 2.53 bits per heavy atom. The predicted octanol–water partition coefficient (Wildman–Crippen LogP) is 2.91. The molecule has 1 aliphatic carbocycles. The van der Waals surface area contributed by atoms with E-state index in [9.17, 15) is 5.11 Å². The number of benzene rings is 1. The third-order valence-electron chi connectivity index (χ3n) is 3.78. The number of hydrogen-bond acceptors (Lipinski definition) is 2. The van der Waals surface area contributed by atoms with E-state index in [1.807, 2.05) is 24.3 Å². The molecule has 2 aromatic rings. The Bertz CT molecular complexity index is 469. The largest absolute Gasteiger partial charge is 0.472 e. The van der Waals surface area contributed by atoms with E-state index in [0.29, 0.717) is 6.42 Å². The van der Waals surface area contributed by atoms with Crippen LogP contribution < -0.4 is 0 Å². The van der Waals surface area contributed by atoms with Crippen LogP contribution in [0.15, 0.2) is 53.3 Å². The SMILES string of the molecule is OC(Cc1ccoc1)C1(c2ccccc2)CC1. The Morgan fingerprint density at radius 2 is 1.94 bits per heavy atom. The molecule has 0 bridgehead atoms. The zero-order valence-corrected chi connectivity index (χ0v) is 9.67. The molecule has 0 spiro atoms. The highest BCUT2D eigenvalue weighted by Gasteiger charge is 2.49. The fourth-order valence-corrected chi connectivity index (χ4v) is 2.55. The lowest BCUT2D eigenvalue weighted by Crippen LogP contribution is -2.28. The number of rotatable bonds is 4. The minimum absolute atomic E-state index is 0.0153. The topological polar surface area (TPSA) is 33.4 Å². The molecule has 1 aromatic heterocycles. The van der Waals surface area contributed by atoms with Crippen LogP contribution in [0.25, 0.3) is 0 Å². The molecule has 2 nitrogen and oxygen atoms in total. The van der Waals surface area contributed by atoms with Crippen molar-refractivity contribution < 1.29 is 9.52 Å². The Kier molecular flexibility index (Phi) is 2.52. The van der Waals surface area contributed by atoms with E-state index in [1.165, 1.54) is 5.56 Å². The number of aliphatic hydroxyl groups excluding tert-OH is 1. The zero-order chi connectivity index (χ0) is 11.7. The van der Waals surface area contributed by atoms with E-state index >= 15 is 0 Å². The van der Waals surface area contributed by atoms with Gasteiger partial charge in [-0.2, -0.15) is 0 Å². The van der Waals surface area contributed by atoms with Gasteiger partial charge < -0.3 is 9.52 Å². The monoisotopic (exact) mass is 228 g/mol. The summed E-state index contributed by atoms with van der Waals surface area (Å²) >= 11 is 0. The first-order chi connectivity index (χ1) is 8.31. The van der Waals surface area contributed by atoms with Crippen LogP contribution in [0.3, 0.4) is 0 Å². The standard InChI is InChI=1S/C15H16O2/c16-14(10-12-6-9-17-11-12)15(7-8-15)13-4-2-1-3-5-13/h1-6,9,11,14,16H,7-8,10H2. The molecule has 1 aliphatic rings. The minimum atomic E-state index is -0.317. The second-order valence-corrected chi connectivity index (χ2v) is 4.87. The van der Waals surface area contributed by atoms with Gasteiger partial charge in [0.05, 0.1) is 18.6 Å². The maximum atomic E-state index is 10.4. The summed E-state index contributed by atoms with van der Waals surface area (Å²) < 4.78 is 5.04. The molecule has 1 atom stereocenters. The van der Waals surface area contributed by atoms with E-state index in [1.54, 1.807) is 12.5 Å². The fourth-order valence-electron chi connectivity index (χ4n) is 2.55. The molecule has 0 amide bonds. The first-order valence-electron chi connectivity index (χ1n) is 6.06. The van der Waals surface area contributed by atoms with E-state index in [-0.39, 0.29) is 11.5 Å². The van der Waals surface area contributed by atoms with Crippen LogP contribution in [0.5, 0.6) is 0 Å². The summed E-state index contributed by atoms with van der Waals surface area (Å²) in [5.41, 5.74) is 2.31. The minimum Gasteiger partial charge on any atom is -0.472 e. The summed E-state index contributed by atoms with van der Waals surface area (Å²) in [5.74, 6) is 0. The molecule has 2 heteroatoms. The van der Waals surface area contributed by atoms with Crippen molar-refractivity contribution in [3.8, 4) is 0 Å². The first kappa shape index (κ1) is 10.6. The van der Waals surface area contributed by atoms with Gasteiger partial charge in [-0.1, -0.05) is 30.3 Å². The molecular weight excluding hydrogens is 212 g/mol. The third-order valence-corrected chi connectivity index (χ3v) is 3.78. The van der Waals surface area contributed by atoms with Crippen LogP contribution in [0, 0.1) is 0 Å². The smallest absolute Gasteiger partial charge is 0.0935 e. The molecule has 1 heterocycles. The van der Waals surface area contributed by atoms with Crippen molar-refractivity contribution >= 4 is 0 Å². The molecule has 1 unspecified atom stereocenters. The quantitative estimate of drug-likeness (QED) is 0.872. The van der Waals surface area contributed by atoms with Crippen LogP contribution in [-0.4, -0.2) is 11.2 Å². The molecule has 88 valence electrons. The van der Waals surface area contributed by atoms with Crippen molar-refractivity contribution in [3.63, 3.8) is 0 Å². The highest BCUT2D eigenvalue weighted by molar-refractivity contribution is 5.33. The van der Waals surface area contributed by atoms with Crippen molar-refractivity contribution in [1.29, 1.82) is 0 Å². The summed E-state index contributed by atoms with van der Waals surface area (Å²) in [6.45, 7) is 0. The highest BCUT2D eigenvalue weighted by Crippen LogP contribution is 2.51. The molecular formula is C15H16O2. The average Bonchev–Trinajstić information content (AvgIpc) is 3.04. The lowest BCUT2D eigenvalue weighted by atomic mass is 9.87. The summed E-state index contributed by atoms with van der Waals surface area (Å²) in [6.07, 6.45) is 5.88. The van der Waals surface area contributed by atoms with Gasteiger partial charge in [-0.05, 0) is 30.0 Å². The maximum Gasteiger partial charge on any atom is 0.0935 e. The van der Waals surface area contributed by atoms with Crippen molar-refractivity contribution in [1.82, 2.24) is 0 Å². The summed E-state index contributed by atoms with van der Waals surface area (Å²) in [6, 6.07) is 12.3. The van der Waals surface area contributed by atoms with Crippen LogP contribution in [-0.2, 0) is 11.8 Å². The summed E-state index contributed by atoms with van der Waals surface area (Å²) in [5, 5.41) is 10.4. The Balaban J connectivity index is 1.80. The molecule has 1 saturated carbocycles. The third kappa shape index (κ3) is 1.89. The molecule has 0 radical (unpaired) electrons. The van der Waals surface area contributed by atoms with E-state index in [4.69, 9.17) is 4.42 Å². The zero-order valence-electron chi connectivity index (χ0n) is 9.67. The Hall–Kier alpha value is -1.54. The maximum absolute atomic E-state index is 10.4. The lowest BCUT2D eigenvalue weighted by Gasteiger charge is -2.22. The van der Waals surface area contributed by atoms with E-state index in [2.05, 4.69) is 12.1 Å². The van der Waals surface area contributed by atoms with Crippen LogP contribution in [0.2, 0.25) is 0 Å². The van der Waals surface area contributed by atoms with Gasteiger partial charge in [-0.25, -0.2) is 0 Å². The van der Waals surface area contributed by atoms with E-state index in [0.717, 1.165) is 18.4 Å². The van der Waals surface area contributed by atoms with Gasteiger partial charge in [0.25, 0.3) is 0 Å². The number of furan rings is 1. The van der Waals surface area contributed by atoms with Crippen LogP contribution in [0.1, 0.15) is 24.0 Å². The van der Waals surface area contributed by atoms with Crippen molar-refractivity contribution in [3.05, 3.63) is 60.1 Å². The summed E-state index contributed by atoms with van der Waals surface area (Å²) in [7, 11) is 0. The van der Waals surface area contributed by atoms with Crippen molar-refractivity contribution in [2.24, 2.45) is 0 Å². The van der Waals surface area contributed by atoms with Gasteiger partial charge in [0, 0.05) is 11.8 Å². The number of hydrogen-bond donors (Lipinski definition) is 1. The normalized spacial score (nSPS) is 18.9. The summed E-state index contributed by atoms with van der Waals surface area (Å²) in [4.78, 5) is 0. The predicted molar refractivity (Wildman–Crippen MR) is 65.8 cm³/mol. The molecule has 1 aromatic carbocycles. The molecule has 1 fully saturated rings. The highest BCUT2D eigenvalue weighted by atomic mass is 16.3. The van der Waals surface area contributed by atoms with Crippen LogP contribution in [0.4, 0.5) is 0 Å². The second-order valence-electron chi connectivity index (χ2n) is 4.87. The van der Waals surface area contributed by atoms with Gasteiger partial charge in [0.2, 0.25) is 0 Å². The lowest BCUT2D eigenvalue weighted by molar-refractivity contribution is 0.131. The second kappa shape index (κ2) is 4.04. The van der Waals surface area contributed by atoms with Crippen LogP contribution >= 0.6 is 0 Å². The van der Waals surface area contributed by atoms with Gasteiger partial charge in [0.15, 0.2) is 0 Å². The van der Waals surface area contributed by atoms with Crippen molar-refractivity contribution in [2.75, 3.05) is 0 Å². The Morgan fingerprint density at radius 1 is 1.18 bits per heavy atom. The molecule has 0 aliphatic heterocycles. The molecule has 3 rings (SSSR count). The van der Waals surface area contributed by atoms with Gasteiger partial charge >= 0.3 is 0 Å². The number of aliphatic hydroxyl groups is 1. The van der Waals surface area contributed by atoms with Gasteiger partial charge in [0.1, 0.15) is 0 Å². The van der Waals surface area contributed by atoms with E-state index < -0.39 is 0 Å². The first-order valence-corrected chi connectivity index (χ1v) is 6.06. The Labute approximate surface area is 101 Å². The molecule has 1 N–H and O–H groups in total. The molecule has 17 heavy (non-hydrogen) atoms. The molecule has 0 saturated heterocycles. The van der Waals surface area contributed by atoms with Crippen molar-refractivity contribution in [2.45, 2.75) is 30.8 Å². The average molecular weight is 228 g/mol. The van der Waals surface area contributed by atoms with Gasteiger partial charge in [-0.15, -0.1) is 0 Å². The van der Waals surface area contributed by atoms with Gasteiger partial charge in [-0.3, -0.25) is 0 Å². The fraction of sp³-hybridized carbons (Fsp3) is 0.333.